The van der Waals surface area contributed by atoms with Gasteiger partial charge >= 0.3 is 0 Å². The lowest BCUT2D eigenvalue weighted by atomic mass is 10.0. The molecule has 0 N–H and O–H groups in total. The van der Waals surface area contributed by atoms with Crippen LogP contribution in [0.5, 0.6) is 0 Å². The van der Waals surface area contributed by atoms with Crippen molar-refractivity contribution in [3.8, 4) is 6.07 Å². The summed E-state index contributed by atoms with van der Waals surface area (Å²) < 4.78 is 11.3. The fraction of sp³-hybridized carbons (Fsp3) is 0.500. The molecule has 0 unspecified atom stereocenters. The maximum atomic E-state index is 10.8. The minimum atomic E-state index is -0.534. The minimum Gasteiger partial charge on any atom is -0.371 e. The van der Waals surface area contributed by atoms with Crippen LogP contribution in [0.4, 0.5) is 11.4 Å². The van der Waals surface area contributed by atoms with Gasteiger partial charge in [-0.15, -0.1) is 0 Å². The van der Waals surface area contributed by atoms with E-state index in [0.717, 1.165) is 31.6 Å². The number of hydrogen-bond acceptors (Lipinski definition) is 6. The van der Waals surface area contributed by atoms with Crippen molar-refractivity contribution in [2.24, 2.45) is 0 Å². The van der Waals surface area contributed by atoms with Gasteiger partial charge in [-0.05, 0) is 12.1 Å². The molecular weight excluding hydrogens is 274 g/mol. The number of nitrogens with zero attached hydrogens (tertiary/aromatic N) is 3. The van der Waals surface area contributed by atoms with Crippen LogP contribution < -0.4 is 4.90 Å². The van der Waals surface area contributed by atoms with Crippen molar-refractivity contribution in [2.45, 2.75) is 18.6 Å². The van der Waals surface area contributed by atoms with Crippen LogP contribution in [0.1, 0.15) is 18.4 Å². The second-order valence-electron chi connectivity index (χ2n) is 5.17. The first kappa shape index (κ1) is 13.8. The van der Waals surface area contributed by atoms with Gasteiger partial charge in [-0.1, -0.05) is 0 Å². The van der Waals surface area contributed by atoms with Crippen molar-refractivity contribution in [3.05, 3.63) is 33.9 Å². The molecule has 21 heavy (non-hydrogen) atoms. The Hall–Kier alpha value is -2.17. The number of hydrogen-bond donors (Lipinski definition) is 0. The number of rotatable bonds is 2. The van der Waals surface area contributed by atoms with Crippen LogP contribution >= 0.6 is 0 Å². The summed E-state index contributed by atoms with van der Waals surface area (Å²) >= 11 is 0. The first-order valence-corrected chi connectivity index (χ1v) is 6.85. The van der Waals surface area contributed by atoms with Gasteiger partial charge in [0.25, 0.3) is 5.69 Å². The topological polar surface area (TPSA) is 88.6 Å². The van der Waals surface area contributed by atoms with Gasteiger partial charge in [0, 0.05) is 37.7 Å². The zero-order valence-electron chi connectivity index (χ0n) is 11.4. The SMILES string of the molecule is N#Cc1cc(N2CCC3(CC2)OCCO3)ccc1[N+](=O)[O-]. The average Bonchev–Trinajstić information content (AvgIpc) is 2.95. The fourth-order valence-corrected chi connectivity index (χ4v) is 2.86. The predicted molar refractivity (Wildman–Crippen MR) is 73.9 cm³/mol. The summed E-state index contributed by atoms with van der Waals surface area (Å²) in [6.45, 7) is 2.75. The molecule has 2 heterocycles. The Labute approximate surface area is 121 Å². The second kappa shape index (κ2) is 5.31. The number of nitriles is 1. The quantitative estimate of drug-likeness (QED) is 0.609. The summed E-state index contributed by atoms with van der Waals surface area (Å²) in [5.74, 6) is -0.449. The number of ether oxygens (including phenoxy) is 2. The Balaban J connectivity index is 1.76. The third-order valence-corrected chi connectivity index (χ3v) is 4.00. The summed E-state index contributed by atoms with van der Waals surface area (Å²) in [4.78, 5) is 12.4. The normalized spacial score (nSPS) is 20.4. The standard InChI is InChI=1S/C14H15N3O4/c15-10-11-9-12(1-2-13(11)17(18)19)16-5-3-14(4-6-16)20-7-8-21-14/h1-2,9H,3-8H2. The molecule has 7 nitrogen and oxygen atoms in total. The molecule has 2 aliphatic rings. The second-order valence-corrected chi connectivity index (χ2v) is 5.17. The average molecular weight is 289 g/mol. The van der Waals surface area contributed by atoms with E-state index in [-0.39, 0.29) is 11.3 Å². The molecule has 7 heteroatoms. The Kier molecular flexibility index (Phi) is 3.49. The molecule has 0 aromatic heterocycles. The molecule has 2 aliphatic heterocycles. The van der Waals surface area contributed by atoms with E-state index < -0.39 is 10.7 Å². The van der Waals surface area contributed by atoms with E-state index in [0.29, 0.717) is 13.2 Å². The Bertz CT molecular complexity index is 595. The monoisotopic (exact) mass is 289 g/mol. The highest BCUT2D eigenvalue weighted by molar-refractivity contribution is 5.60. The molecule has 3 rings (SSSR count). The predicted octanol–water partition coefficient (Wildman–Crippen LogP) is 1.81. The van der Waals surface area contributed by atoms with Gasteiger partial charge < -0.3 is 14.4 Å². The summed E-state index contributed by atoms with van der Waals surface area (Å²) in [5.41, 5.74) is 0.758. The maximum Gasteiger partial charge on any atom is 0.287 e. The summed E-state index contributed by atoms with van der Waals surface area (Å²) in [6, 6.07) is 6.54. The van der Waals surface area contributed by atoms with Crippen LogP contribution in [0, 0.1) is 21.4 Å². The lowest BCUT2D eigenvalue weighted by molar-refractivity contribution is -0.385. The smallest absolute Gasteiger partial charge is 0.287 e. The molecule has 0 atom stereocenters. The molecule has 110 valence electrons. The minimum absolute atomic E-state index is 0.0890. The zero-order valence-corrected chi connectivity index (χ0v) is 11.4. The number of anilines is 1. The summed E-state index contributed by atoms with van der Waals surface area (Å²) in [6.07, 6.45) is 1.51. The fourth-order valence-electron chi connectivity index (χ4n) is 2.86. The van der Waals surface area contributed by atoms with Gasteiger partial charge in [-0.3, -0.25) is 10.1 Å². The Morgan fingerprint density at radius 2 is 1.95 bits per heavy atom. The molecule has 0 aliphatic carbocycles. The van der Waals surface area contributed by atoms with E-state index >= 15 is 0 Å². The lowest BCUT2D eigenvalue weighted by Crippen LogP contribution is -2.45. The largest absolute Gasteiger partial charge is 0.371 e. The highest BCUT2D eigenvalue weighted by Gasteiger charge is 2.39. The van der Waals surface area contributed by atoms with Crippen molar-refractivity contribution < 1.29 is 14.4 Å². The molecule has 2 saturated heterocycles. The molecule has 1 aromatic rings. The van der Waals surface area contributed by atoms with Gasteiger partial charge in [0.1, 0.15) is 11.6 Å². The van der Waals surface area contributed by atoms with E-state index in [9.17, 15) is 10.1 Å². The molecule has 1 aromatic carbocycles. The third-order valence-electron chi connectivity index (χ3n) is 4.00. The molecule has 0 saturated carbocycles. The number of nitro benzene ring substituents is 1. The van der Waals surface area contributed by atoms with Gasteiger partial charge in [0.15, 0.2) is 5.79 Å². The molecular formula is C14H15N3O4. The first-order valence-electron chi connectivity index (χ1n) is 6.85. The van der Waals surface area contributed by atoms with Gasteiger partial charge in [0.05, 0.1) is 18.1 Å². The van der Waals surface area contributed by atoms with E-state index in [1.165, 1.54) is 6.07 Å². The number of nitro groups is 1. The van der Waals surface area contributed by atoms with E-state index in [4.69, 9.17) is 14.7 Å². The van der Waals surface area contributed by atoms with Crippen LogP contribution in [0.15, 0.2) is 18.2 Å². The summed E-state index contributed by atoms with van der Waals surface area (Å²) in [7, 11) is 0. The van der Waals surface area contributed by atoms with Crippen LogP contribution in [-0.2, 0) is 9.47 Å². The molecule has 0 radical (unpaired) electrons. The van der Waals surface area contributed by atoms with Crippen LogP contribution in [0.3, 0.4) is 0 Å². The van der Waals surface area contributed by atoms with Gasteiger partial charge in [-0.2, -0.15) is 5.26 Å². The molecule has 0 bridgehead atoms. The first-order chi connectivity index (χ1) is 10.1. The zero-order chi connectivity index (χ0) is 14.9. The van der Waals surface area contributed by atoms with Crippen LogP contribution in [0.25, 0.3) is 0 Å². The Morgan fingerprint density at radius 3 is 2.52 bits per heavy atom. The highest BCUT2D eigenvalue weighted by Crippen LogP contribution is 2.34. The third kappa shape index (κ3) is 2.55. The van der Waals surface area contributed by atoms with Crippen LogP contribution in [-0.4, -0.2) is 37.0 Å². The van der Waals surface area contributed by atoms with Crippen molar-refractivity contribution >= 4 is 11.4 Å². The number of piperidine rings is 1. The van der Waals surface area contributed by atoms with Crippen molar-refractivity contribution in [3.63, 3.8) is 0 Å². The molecule has 2 fully saturated rings. The van der Waals surface area contributed by atoms with Crippen molar-refractivity contribution in [1.29, 1.82) is 5.26 Å². The molecule has 0 amide bonds. The van der Waals surface area contributed by atoms with Gasteiger partial charge in [0.2, 0.25) is 0 Å². The van der Waals surface area contributed by atoms with E-state index in [1.807, 2.05) is 6.07 Å². The summed E-state index contributed by atoms with van der Waals surface area (Å²) in [5, 5.41) is 19.9. The van der Waals surface area contributed by atoms with Gasteiger partial charge in [-0.25, -0.2) is 0 Å². The highest BCUT2D eigenvalue weighted by atomic mass is 16.7. The molecule has 1 spiro atoms. The maximum absolute atomic E-state index is 10.8. The lowest BCUT2D eigenvalue weighted by Gasteiger charge is -2.38. The number of benzene rings is 1. The van der Waals surface area contributed by atoms with E-state index in [1.54, 1.807) is 12.1 Å². The van der Waals surface area contributed by atoms with Crippen molar-refractivity contribution in [1.82, 2.24) is 0 Å². The Morgan fingerprint density at radius 1 is 1.29 bits per heavy atom. The van der Waals surface area contributed by atoms with E-state index in [2.05, 4.69) is 4.90 Å². The van der Waals surface area contributed by atoms with Crippen molar-refractivity contribution in [2.75, 3.05) is 31.2 Å². The van der Waals surface area contributed by atoms with Crippen LogP contribution in [0.2, 0.25) is 0 Å².